The molecule has 0 bridgehead atoms. The predicted molar refractivity (Wildman–Crippen MR) is 89.9 cm³/mol. The summed E-state index contributed by atoms with van der Waals surface area (Å²) >= 11 is 0. The molecule has 4 aromatic rings. The number of H-pyrrole nitrogens is 1. The smallest absolute Gasteiger partial charge is 0.139 e. The average molecular weight is 301 g/mol. The highest BCUT2D eigenvalue weighted by molar-refractivity contribution is 6.06. The molecule has 5 heteroatoms. The van der Waals surface area contributed by atoms with E-state index in [0.29, 0.717) is 5.56 Å². The molecule has 0 aliphatic rings. The molecule has 5 nitrogen and oxygen atoms in total. The number of aryl methyl sites for hydroxylation is 2. The van der Waals surface area contributed by atoms with E-state index >= 15 is 0 Å². The number of fused-ring (bicyclic) bond motifs is 3. The summed E-state index contributed by atoms with van der Waals surface area (Å²) in [5.41, 5.74) is 5.37. The number of pyridine rings is 1. The summed E-state index contributed by atoms with van der Waals surface area (Å²) in [6, 6.07) is 13.9. The Morgan fingerprint density at radius 3 is 2.83 bits per heavy atom. The van der Waals surface area contributed by atoms with Gasteiger partial charge in [-0.25, -0.2) is 4.98 Å². The van der Waals surface area contributed by atoms with Crippen molar-refractivity contribution in [1.82, 2.24) is 19.7 Å². The molecule has 0 aliphatic carbocycles. The maximum absolute atomic E-state index is 9.07. The van der Waals surface area contributed by atoms with Crippen molar-refractivity contribution in [1.29, 1.82) is 5.26 Å². The molecule has 0 radical (unpaired) electrons. The Balaban J connectivity index is 1.94. The zero-order valence-electron chi connectivity index (χ0n) is 13.0. The summed E-state index contributed by atoms with van der Waals surface area (Å²) in [7, 11) is 0. The van der Waals surface area contributed by atoms with Crippen molar-refractivity contribution in [3.05, 3.63) is 47.7 Å². The normalized spacial score (nSPS) is 11.2. The van der Waals surface area contributed by atoms with Crippen LogP contribution in [0.1, 0.15) is 18.2 Å². The molecule has 1 N–H and O–H groups in total. The van der Waals surface area contributed by atoms with Crippen molar-refractivity contribution < 1.29 is 0 Å². The largest absolute Gasteiger partial charge is 0.339 e. The van der Waals surface area contributed by atoms with Crippen LogP contribution in [0.4, 0.5) is 0 Å². The molecule has 1 aromatic carbocycles. The van der Waals surface area contributed by atoms with E-state index in [2.05, 4.69) is 29.1 Å². The fraction of sp³-hybridized carbons (Fsp3) is 0.167. The van der Waals surface area contributed by atoms with Gasteiger partial charge in [-0.05, 0) is 50.2 Å². The summed E-state index contributed by atoms with van der Waals surface area (Å²) in [5, 5.41) is 15.6. The fourth-order valence-electron chi connectivity index (χ4n) is 2.98. The molecule has 112 valence electrons. The minimum Gasteiger partial charge on any atom is -0.339 e. The predicted octanol–water partition coefficient (Wildman–Crippen LogP) is 3.78. The van der Waals surface area contributed by atoms with Gasteiger partial charge in [0.15, 0.2) is 0 Å². The van der Waals surface area contributed by atoms with Gasteiger partial charge < -0.3 is 4.98 Å². The SMILES string of the molecule is CCn1nc(C)cc1-c1ccc2c(n1)[nH]c1ccc(C#N)cc12. The van der Waals surface area contributed by atoms with Gasteiger partial charge in [-0.3, -0.25) is 4.68 Å². The Kier molecular flexibility index (Phi) is 2.91. The number of hydrogen-bond donors (Lipinski definition) is 1. The van der Waals surface area contributed by atoms with Crippen LogP contribution < -0.4 is 0 Å². The number of aromatic nitrogens is 4. The lowest BCUT2D eigenvalue weighted by Crippen LogP contribution is -2.00. The highest BCUT2D eigenvalue weighted by Gasteiger charge is 2.11. The quantitative estimate of drug-likeness (QED) is 0.612. The van der Waals surface area contributed by atoms with Crippen molar-refractivity contribution >= 4 is 21.9 Å². The third-order valence-electron chi connectivity index (χ3n) is 4.05. The zero-order chi connectivity index (χ0) is 16.0. The Hall–Kier alpha value is -3.13. The molecule has 0 atom stereocenters. The first-order chi connectivity index (χ1) is 11.2. The summed E-state index contributed by atoms with van der Waals surface area (Å²) in [6.07, 6.45) is 0. The second kappa shape index (κ2) is 4.96. The number of rotatable bonds is 2. The van der Waals surface area contributed by atoms with Crippen molar-refractivity contribution in [3.8, 4) is 17.5 Å². The standard InChI is InChI=1S/C18H15N5/c1-3-23-17(8-11(2)22-23)16-7-5-13-14-9-12(10-19)4-6-15(14)20-18(13)21-16/h4-9H,3H2,1-2H3,(H,20,21). The third-order valence-corrected chi connectivity index (χ3v) is 4.05. The van der Waals surface area contributed by atoms with Gasteiger partial charge in [-0.2, -0.15) is 10.4 Å². The number of aromatic amines is 1. The molecule has 23 heavy (non-hydrogen) atoms. The van der Waals surface area contributed by atoms with Gasteiger partial charge in [-0.15, -0.1) is 0 Å². The van der Waals surface area contributed by atoms with Crippen LogP contribution in [0.25, 0.3) is 33.3 Å². The van der Waals surface area contributed by atoms with Gasteiger partial charge in [0.05, 0.1) is 28.7 Å². The van der Waals surface area contributed by atoms with Gasteiger partial charge in [0.1, 0.15) is 5.65 Å². The van der Waals surface area contributed by atoms with Gasteiger partial charge in [-0.1, -0.05) is 0 Å². The van der Waals surface area contributed by atoms with Crippen LogP contribution in [0, 0.1) is 18.3 Å². The van der Waals surface area contributed by atoms with Crippen LogP contribution in [-0.4, -0.2) is 19.7 Å². The molecule has 0 spiro atoms. The minimum absolute atomic E-state index is 0.655. The maximum atomic E-state index is 9.07. The summed E-state index contributed by atoms with van der Waals surface area (Å²) in [5.74, 6) is 0. The molecular formula is C18H15N5. The molecule has 0 unspecified atom stereocenters. The van der Waals surface area contributed by atoms with Gasteiger partial charge in [0, 0.05) is 22.8 Å². The van der Waals surface area contributed by atoms with Crippen LogP contribution in [-0.2, 0) is 6.54 Å². The van der Waals surface area contributed by atoms with Crippen LogP contribution in [0.3, 0.4) is 0 Å². The molecule has 0 saturated heterocycles. The van der Waals surface area contributed by atoms with E-state index in [-0.39, 0.29) is 0 Å². The van der Waals surface area contributed by atoms with E-state index in [4.69, 9.17) is 10.2 Å². The molecule has 3 heterocycles. The minimum atomic E-state index is 0.655. The van der Waals surface area contributed by atoms with Gasteiger partial charge in [0.25, 0.3) is 0 Å². The van der Waals surface area contributed by atoms with E-state index in [1.54, 1.807) is 0 Å². The lowest BCUT2D eigenvalue weighted by atomic mass is 10.1. The second-order valence-corrected chi connectivity index (χ2v) is 5.58. The Morgan fingerprint density at radius 2 is 2.04 bits per heavy atom. The van der Waals surface area contributed by atoms with E-state index in [1.165, 1.54) is 0 Å². The number of benzene rings is 1. The first kappa shape index (κ1) is 13.5. The third kappa shape index (κ3) is 2.08. The summed E-state index contributed by atoms with van der Waals surface area (Å²) in [6.45, 7) is 4.86. The highest BCUT2D eigenvalue weighted by atomic mass is 15.3. The van der Waals surface area contributed by atoms with E-state index in [1.807, 2.05) is 41.9 Å². The molecule has 0 fully saturated rings. The first-order valence-electron chi connectivity index (χ1n) is 7.57. The van der Waals surface area contributed by atoms with Crippen molar-refractivity contribution in [3.63, 3.8) is 0 Å². The van der Waals surface area contributed by atoms with E-state index in [0.717, 1.165) is 45.6 Å². The number of nitriles is 1. The number of nitrogens with zero attached hydrogens (tertiary/aromatic N) is 4. The maximum Gasteiger partial charge on any atom is 0.139 e. The van der Waals surface area contributed by atoms with Crippen LogP contribution in [0.2, 0.25) is 0 Å². The lowest BCUT2D eigenvalue weighted by molar-refractivity contribution is 0.659. The molecular weight excluding hydrogens is 286 g/mol. The Bertz CT molecular complexity index is 1080. The summed E-state index contributed by atoms with van der Waals surface area (Å²) in [4.78, 5) is 8.09. The first-order valence-corrected chi connectivity index (χ1v) is 7.57. The van der Waals surface area contributed by atoms with Gasteiger partial charge >= 0.3 is 0 Å². The van der Waals surface area contributed by atoms with Crippen LogP contribution in [0.15, 0.2) is 36.4 Å². The topological polar surface area (TPSA) is 70.3 Å². The van der Waals surface area contributed by atoms with Crippen LogP contribution in [0.5, 0.6) is 0 Å². The summed E-state index contributed by atoms with van der Waals surface area (Å²) < 4.78 is 1.96. The molecule has 4 rings (SSSR count). The molecule has 0 aliphatic heterocycles. The van der Waals surface area contributed by atoms with E-state index in [9.17, 15) is 0 Å². The Morgan fingerprint density at radius 1 is 1.17 bits per heavy atom. The second-order valence-electron chi connectivity index (χ2n) is 5.58. The Labute approximate surface area is 133 Å². The monoisotopic (exact) mass is 301 g/mol. The van der Waals surface area contributed by atoms with Crippen molar-refractivity contribution in [2.24, 2.45) is 0 Å². The molecule has 0 saturated carbocycles. The lowest BCUT2D eigenvalue weighted by Gasteiger charge is -2.03. The molecule has 0 amide bonds. The molecule has 3 aromatic heterocycles. The average Bonchev–Trinajstić information content (AvgIpc) is 3.13. The van der Waals surface area contributed by atoms with Crippen molar-refractivity contribution in [2.45, 2.75) is 20.4 Å². The van der Waals surface area contributed by atoms with Gasteiger partial charge in [0.2, 0.25) is 0 Å². The van der Waals surface area contributed by atoms with Crippen molar-refractivity contribution in [2.75, 3.05) is 0 Å². The number of hydrogen-bond acceptors (Lipinski definition) is 3. The van der Waals surface area contributed by atoms with E-state index < -0.39 is 0 Å². The number of nitrogens with one attached hydrogen (secondary N) is 1. The van der Waals surface area contributed by atoms with Crippen LogP contribution >= 0.6 is 0 Å². The fourth-order valence-corrected chi connectivity index (χ4v) is 2.98. The highest BCUT2D eigenvalue weighted by Crippen LogP contribution is 2.28. The zero-order valence-corrected chi connectivity index (χ0v) is 13.0.